The third kappa shape index (κ3) is 7.29. The number of carbonyl (C=O) groups is 1. The van der Waals surface area contributed by atoms with Gasteiger partial charge in [0, 0.05) is 19.0 Å². The number of nitrogens with two attached hydrogens (primary N) is 2. The summed E-state index contributed by atoms with van der Waals surface area (Å²) in [5, 5.41) is 8.28. The van der Waals surface area contributed by atoms with Gasteiger partial charge in [0.1, 0.15) is 0 Å². The van der Waals surface area contributed by atoms with Crippen molar-refractivity contribution in [1.82, 2.24) is 0 Å². The Bertz CT molecular complexity index is 117. The highest BCUT2D eigenvalue weighted by atomic mass is 16.4. The lowest BCUT2D eigenvalue weighted by atomic mass is 10.1. The van der Waals surface area contributed by atoms with Crippen molar-refractivity contribution in [2.45, 2.75) is 31.7 Å². The average molecular weight is 160 g/mol. The van der Waals surface area contributed by atoms with Crippen LogP contribution in [0.4, 0.5) is 0 Å². The van der Waals surface area contributed by atoms with Crippen molar-refractivity contribution in [2.75, 3.05) is 6.54 Å². The molecule has 0 aromatic heterocycles. The first-order valence-electron chi connectivity index (χ1n) is 3.84. The first-order chi connectivity index (χ1) is 5.16. The molecule has 5 N–H and O–H groups in total. The van der Waals surface area contributed by atoms with Gasteiger partial charge in [-0.25, -0.2) is 0 Å². The van der Waals surface area contributed by atoms with Crippen LogP contribution in [-0.2, 0) is 4.79 Å². The molecule has 1 atom stereocenters. The van der Waals surface area contributed by atoms with Gasteiger partial charge in [-0.05, 0) is 12.8 Å². The third-order valence-electron chi connectivity index (χ3n) is 1.52. The zero-order valence-corrected chi connectivity index (χ0v) is 6.62. The fraction of sp³-hybridized carbons (Fsp3) is 0.857. The minimum Gasteiger partial charge on any atom is -0.481 e. The van der Waals surface area contributed by atoms with Gasteiger partial charge in [0.2, 0.25) is 0 Å². The number of unbranched alkanes of at least 4 members (excludes halogenated alkanes) is 1. The molecule has 0 spiro atoms. The predicted molar refractivity (Wildman–Crippen MR) is 43.1 cm³/mol. The van der Waals surface area contributed by atoms with Crippen LogP contribution in [0.3, 0.4) is 0 Å². The van der Waals surface area contributed by atoms with Crippen LogP contribution in [0.5, 0.6) is 0 Å². The van der Waals surface area contributed by atoms with E-state index in [1.807, 2.05) is 0 Å². The van der Waals surface area contributed by atoms with Gasteiger partial charge in [-0.1, -0.05) is 6.42 Å². The van der Waals surface area contributed by atoms with Gasteiger partial charge < -0.3 is 16.6 Å². The van der Waals surface area contributed by atoms with Crippen LogP contribution in [0.2, 0.25) is 0 Å². The predicted octanol–water partition coefficient (Wildman–Crippen LogP) is -0.0826. The lowest BCUT2D eigenvalue weighted by Crippen LogP contribution is -2.29. The largest absolute Gasteiger partial charge is 0.481 e. The summed E-state index contributed by atoms with van der Waals surface area (Å²) >= 11 is 0. The van der Waals surface area contributed by atoms with Gasteiger partial charge in [-0.3, -0.25) is 4.79 Å². The van der Waals surface area contributed by atoms with E-state index in [4.69, 9.17) is 16.6 Å². The van der Waals surface area contributed by atoms with E-state index in [-0.39, 0.29) is 12.5 Å². The Morgan fingerprint density at radius 2 is 2.09 bits per heavy atom. The van der Waals surface area contributed by atoms with E-state index in [9.17, 15) is 4.79 Å². The zero-order chi connectivity index (χ0) is 8.69. The molecule has 0 aliphatic carbocycles. The van der Waals surface area contributed by atoms with Gasteiger partial charge in [-0.2, -0.15) is 0 Å². The lowest BCUT2D eigenvalue weighted by Gasteiger charge is -2.06. The molecule has 0 unspecified atom stereocenters. The molecule has 0 amide bonds. The SMILES string of the molecule is NC[C@@H](N)CCCCC(=O)O. The molecule has 0 aromatic carbocycles. The van der Waals surface area contributed by atoms with E-state index in [0.717, 1.165) is 12.8 Å². The maximum atomic E-state index is 10.1. The van der Waals surface area contributed by atoms with E-state index >= 15 is 0 Å². The summed E-state index contributed by atoms with van der Waals surface area (Å²) in [5.41, 5.74) is 10.8. The number of rotatable bonds is 6. The third-order valence-corrected chi connectivity index (χ3v) is 1.52. The summed E-state index contributed by atoms with van der Waals surface area (Å²) in [6.07, 6.45) is 2.61. The number of hydrogen-bond acceptors (Lipinski definition) is 3. The molecule has 0 aliphatic rings. The summed E-state index contributed by atoms with van der Waals surface area (Å²) in [5.74, 6) is -0.744. The highest BCUT2D eigenvalue weighted by molar-refractivity contribution is 5.66. The molecule has 4 heteroatoms. The van der Waals surface area contributed by atoms with Gasteiger partial charge in [0.15, 0.2) is 0 Å². The van der Waals surface area contributed by atoms with Crippen molar-refractivity contribution in [1.29, 1.82) is 0 Å². The highest BCUT2D eigenvalue weighted by Crippen LogP contribution is 2.01. The lowest BCUT2D eigenvalue weighted by molar-refractivity contribution is -0.137. The Labute approximate surface area is 66.6 Å². The van der Waals surface area contributed by atoms with Crippen molar-refractivity contribution in [3.05, 3.63) is 0 Å². The van der Waals surface area contributed by atoms with Crippen molar-refractivity contribution in [2.24, 2.45) is 11.5 Å². The Morgan fingerprint density at radius 1 is 1.45 bits per heavy atom. The Morgan fingerprint density at radius 3 is 2.55 bits per heavy atom. The normalized spacial score (nSPS) is 12.9. The molecule has 0 bridgehead atoms. The minimum atomic E-state index is -0.744. The summed E-state index contributed by atoms with van der Waals surface area (Å²) in [7, 11) is 0. The molecule has 0 rings (SSSR count). The van der Waals surface area contributed by atoms with Gasteiger partial charge in [-0.15, -0.1) is 0 Å². The van der Waals surface area contributed by atoms with Crippen molar-refractivity contribution >= 4 is 5.97 Å². The standard InChI is InChI=1S/C7H16N2O2/c8-5-6(9)3-1-2-4-7(10)11/h6H,1-5,8-9H2,(H,10,11)/t6-/m0/s1. The van der Waals surface area contributed by atoms with Gasteiger partial charge in [0.25, 0.3) is 0 Å². The smallest absolute Gasteiger partial charge is 0.303 e. The van der Waals surface area contributed by atoms with E-state index in [2.05, 4.69) is 0 Å². The maximum absolute atomic E-state index is 10.1. The van der Waals surface area contributed by atoms with Gasteiger partial charge in [0.05, 0.1) is 0 Å². The summed E-state index contributed by atoms with van der Waals surface area (Å²) in [6.45, 7) is 0.479. The molecule has 0 aromatic rings. The molecule has 4 nitrogen and oxygen atoms in total. The van der Waals surface area contributed by atoms with Crippen molar-refractivity contribution < 1.29 is 9.90 Å². The molecule has 66 valence electrons. The topological polar surface area (TPSA) is 89.3 Å². The van der Waals surface area contributed by atoms with Crippen LogP contribution in [0.25, 0.3) is 0 Å². The van der Waals surface area contributed by atoms with Crippen LogP contribution in [0.15, 0.2) is 0 Å². The first-order valence-corrected chi connectivity index (χ1v) is 3.84. The summed E-state index contributed by atoms with van der Waals surface area (Å²) in [6, 6.07) is 0.0313. The summed E-state index contributed by atoms with van der Waals surface area (Å²) in [4.78, 5) is 10.1. The average Bonchev–Trinajstić information content (AvgIpc) is 1.97. The van der Waals surface area contributed by atoms with E-state index in [1.165, 1.54) is 0 Å². The molecule has 0 saturated carbocycles. The van der Waals surface area contributed by atoms with Crippen LogP contribution in [-0.4, -0.2) is 23.7 Å². The van der Waals surface area contributed by atoms with E-state index < -0.39 is 5.97 Å². The molecule has 0 saturated heterocycles. The Hall–Kier alpha value is -0.610. The van der Waals surface area contributed by atoms with E-state index in [0.29, 0.717) is 13.0 Å². The van der Waals surface area contributed by atoms with Crippen LogP contribution >= 0.6 is 0 Å². The molecule has 0 aliphatic heterocycles. The quantitative estimate of drug-likeness (QED) is 0.474. The molecule has 0 fully saturated rings. The zero-order valence-electron chi connectivity index (χ0n) is 6.62. The van der Waals surface area contributed by atoms with Crippen molar-refractivity contribution in [3.8, 4) is 0 Å². The molecule has 11 heavy (non-hydrogen) atoms. The second-order valence-corrected chi connectivity index (χ2v) is 2.64. The molecular weight excluding hydrogens is 144 g/mol. The fourth-order valence-corrected chi connectivity index (χ4v) is 0.801. The van der Waals surface area contributed by atoms with E-state index in [1.54, 1.807) is 0 Å². The second kappa shape index (κ2) is 6.12. The maximum Gasteiger partial charge on any atom is 0.303 e. The van der Waals surface area contributed by atoms with Gasteiger partial charge >= 0.3 is 5.97 Å². The second-order valence-electron chi connectivity index (χ2n) is 2.64. The van der Waals surface area contributed by atoms with Crippen molar-refractivity contribution in [3.63, 3.8) is 0 Å². The van der Waals surface area contributed by atoms with Crippen LogP contribution in [0, 0.1) is 0 Å². The number of carboxylic acids is 1. The summed E-state index contributed by atoms with van der Waals surface area (Å²) < 4.78 is 0. The first kappa shape index (κ1) is 10.4. The number of carboxylic acid groups (broad SMARTS) is 1. The number of hydrogen-bond donors (Lipinski definition) is 3. The fourth-order valence-electron chi connectivity index (χ4n) is 0.801. The number of aliphatic carboxylic acids is 1. The van der Waals surface area contributed by atoms with Crippen LogP contribution < -0.4 is 11.5 Å². The van der Waals surface area contributed by atoms with Crippen LogP contribution in [0.1, 0.15) is 25.7 Å². The monoisotopic (exact) mass is 160 g/mol. The minimum absolute atomic E-state index is 0.0313. The highest BCUT2D eigenvalue weighted by Gasteiger charge is 2.00. The Balaban J connectivity index is 3.08. The molecule has 0 radical (unpaired) electrons. The Kier molecular flexibility index (Phi) is 5.78. The molecule has 0 heterocycles. The molecular formula is C7H16N2O2.